The Morgan fingerprint density at radius 2 is 2.00 bits per heavy atom. The Bertz CT molecular complexity index is 418. The maximum Gasteiger partial charge on any atom is 0.163 e. The summed E-state index contributed by atoms with van der Waals surface area (Å²) >= 11 is 0. The lowest BCUT2D eigenvalue weighted by Gasteiger charge is -2.17. The van der Waals surface area contributed by atoms with Gasteiger partial charge >= 0.3 is 0 Å². The van der Waals surface area contributed by atoms with Crippen LogP contribution in [0.15, 0.2) is 18.2 Å². The molecule has 0 aliphatic carbocycles. The van der Waals surface area contributed by atoms with Gasteiger partial charge in [0.15, 0.2) is 17.8 Å². The quantitative estimate of drug-likeness (QED) is 0.824. The standard InChI is InChI=1S/C15H23NO4/c1-17-13-5-3-4-11(15(13)18-2)10-12(16)6-7-14-19-8-9-20-14/h3-5,12,14H,6-10,16H2,1-2H3. The molecule has 5 heteroatoms. The SMILES string of the molecule is COc1cccc(CC(N)CCC2OCCO2)c1OC. The van der Waals surface area contributed by atoms with Crippen LogP contribution in [-0.2, 0) is 15.9 Å². The highest BCUT2D eigenvalue weighted by atomic mass is 16.7. The summed E-state index contributed by atoms with van der Waals surface area (Å²) in [6.45, 7) is 1.37. The van der Waals surface area contributed by atoms with E-state index in [4.69, 9.17) is 24.7 Å². The Hall–Kier alpha value is -1.30. The van der Waals surface area contributed by atoms with Crippen molar-refractivity contribution in [1.29, 1.82) is 0 Å². The molecule has 1 unspecified atom stereocenters. The van der Waals surface area contributed by atoms with Gasteiger partial charge in [-0.25, -0.2) is 0 Å². The number of hydrogen-bond donors (Lipinski definition) is 1. The largest absolute Gasteiger partial charge is 0.493 e. The lowest BCUT2D eigenvalue weighted by Crippen LogP contribution is -2.25. The summed E-state index contributed by atoms with van der Waals surface area (Å²) < 4.78 is 21.5. The molecule has 0 saturated carbocycles. The molecule has 112 valence electrons. The first kappa shape index (κ1) is 15.1. The second-order valence-corrected chi connectivity index (χ2v) is 4.87. The van der Waals surface area contributed by atoms with Crippen LogP contribution in [0.4, 0.5) is 0 Å². The number of para-hydroxylation sites is 1. The zero-order valence-corrected chi connectivity index (χ0v) is 12.1. The highest BCUT2D eigenvalue weighted by Gasteiger charge is 2.18. The van der Waals surface area contributed by atoms with Gasteiger partial charge in [0.25, 0.3) is 0 Å². The molecule has 2 N–H and O–H groups in total. The van der Waals surface area contributed by atoms with Crippen molar-refractivity contribution in [2.75, 3.05) is 27.4 Å². The minimum atomic E-state index is -0.0896. The fourth-order valence-corrected chi connectivity index (χ4v) is 2.42. The minimum Gasteiger partial charge on any atom is -0.493 e. The van der Waals surface area contributed by atoms with Crippen molar-refractivity contribution in [2.24, 2.45) is 5.73 Å². The average molecular weight is 281 g/mol. The van der Waals surface area contributed by atoms with E-state index in [1.807, 2.05) is 18.2 Å². The highest BCUT2D eigenvalue weighted by Crippen LogP contribution is 2.31. The van der Waals surface area contributed by atoms with Gasteiger partial charge in [0, 0.05) is 6.04 Å². The van der Waals surface area contributed by atoms with Gasteiger partial charge in [0.2, 0.25) is 0 Å². The molecule has 0 spiro atoms. The van der Waals surface area contributed by atoms with E-state index >= 15 is 0 Å². The summed E-state index contributed by atoms with van der Waals surface area (Å²) in [6, 6.07) is 5.90. The molecule has 0 aromatic heterocycles. The number of nitrogens with two attached hydrogens (primary N) is 1. The molecule has 1 aromatic carbocycles. The molecule has 2 rings (SSSR count). The molecule has 1 aromatic rings. The van der Waals surface area contributed by atoms with E-state index in [0.717, 1.165) is 36.3 Å². The number of ether oxygens (including phenoxy) is 4. The first-order valence-electron chi connectivity index (χ1n) is 6.93. The van der Waals surface area contributed by atoms with E-state index in [2.05, 4.69) is 0 Å². The lowest BCUT2D eigenvalue weighted by molar-refractivity contribution is -0.0486. The maximum absolute atomic E-state index is 6.19. The summed E-state index contributed by atoms with van der Waals surface area (Å²) in [7, 11) is 3.28. The molecule has 1 saturated heterocycles. The number of rotatable bonds is 7. The van der Waals surface area contributed by atoms with Crippen molar-refractivity contribution in [1.82, 2.24) is 0 Å². The molecule has 0 radical (unpaired) electrons. The first-order valence-corrected chi connectivity index (χ1v) is 6.93. The van der Waals surface area contributed by atoms with Crippen LogP contribution in [0.25, 0.3) is 0 Å². The van der Waals surface area contributed by atoms with Crippen LogP contribution in [0.3, 0.4) is 0 Å². The smallest absolute Gasteiger partial charge is 0.163 e. The Labute approximate surface area is 120 Å². The highest BCUT2D eigenvalue weighted by molar-refractivity contribution is 5.46. The van der Waals surface area contributed by atoms with Crippen LogP contribution in [-0.4, -0.2) is 39.8 Å². The molecule has 0 bridgehead atoms. The molecule has 20 heavy (non-hydrogen) atoms. The second-order valence-electron chi connectivity index (χ2n) is 4.87. The van der Waals surface area contributed by atoms with Crippen LogP contribution in [0.1, 0.15) is 18.4 Å². The van der Waals surface area contributed by atoms with Crippen molar-refractivity contribution in [3.05, 3.63) is 23.8 Å². The first-order chi connectivity index (χ1) is 9.74. The molecule has 0 amide bonds. The molecule has 1 fully saturated rings. The van der Waals surface area contributed by atoms with Crippen molar-refractivity contribution in [2.45, 2.75) is 31.6 Å². The van der Waals surface area contributed by atoms with Gasteiger partial charge in [-0.3, -0.25) is 0 Å². The zero-order valence-electron chi connectivity index (χ0n) is 12.1. The third kappa shape index (κ3) is 3.85. The van der Waals surface area contributed by atoms with Gasteiger partial charge in [0.05, 0.1) is 27.4 Å². The summed E-state index contributed by atoms with van der Waals surface area (Å²) in [5.41, 5.74) is 7.25. The van der Waals surface area contributed by atoms with E-state index in [1.54, 1.807) is 14.2 Å². The van der Waals surface area contributed by atoms with E-state index in [0.29, 0.717) is 13.2 Å². The maximum atomic E-state index is 6.19. The number of methoxy groups -OCH3 is 2. The normalized spacial score (nSPS) is 17.1. The van der Waals surface area contributed by atoms with Crippen molar-refractivity contribution >= 4 is 0 Å². The van der Waals surface area contributed by atoms with Crippen molar-refractivity contribution in [3.63, 3.8) is 0 Å². The van der Waals surface area contributed by atoms with E-state index < -0.39 is 0 Å². The van der Waals surface area contributed by atoms with Crippen LogP contribution >= 0.6 is 0 Å². The molecule has 1 heterocycles. The van der Waals surface area contributed by atoms with Gasteiger partial charge in [-0.1, -0.05) is 12.1 Å². The van der Waals surface area contributed by atoms with Crippen molar-refractivity contribution < 1.29 is 18.9 Å². The average Bonchev–Trinajstić information content (AvgIpc) is 2.98. The Morgan fingerprint density at radius 3 is 2.65 bits per heavy atom. The van der Waals surface area contributed by atoms with Gasteiger partial charge in [0.1, 0.15) is 0 Å². The monoisotopic (exact) mass is 281 g/mol. The summed E-state index contributed by atoms with van der Waals surface area (Å²) in [4.78, 5) is 0. The topological polar surface area (TPSA) is 62.9 Å². The van der Waals surface area contributed by atoms with Gasteiger partial charge < -0.3 is 24.7 Å². The molecular weight excluding hydrogens is 258 g/mol. The summed E-state index contributed by atoms with van der Waals surface area (Å²) in [6.07, 6.45) is 2.33. The summed E-state index contributed by atoms with van der Waals surface area (Å²) in [5.74, 6) is 1.50. The summed E-state index contributed by atoms with van der Waals surface area (Å²) in [5, 5.41) is 0. The Kier molecular flexibility index (Phi) is 5.64. The van der Waals surface area contributed by atoms with Crippen LogP contribution in [0.2, 0.25) is 0 Å². The molecule has 5 nitrogen and oxygen atoms in total. The molecule has 1 aliphatic heterocycles. The lowest BCUT2D eigenvalue weighted by atomic mass is 10.0. The van der Waals surface area contributed by atoms with E-state index in [1.165, 1.54) is 0 Å². The zero-order chi connectivity index (χ0) is 14.4. The molecule has 1 atom stereocenters. The predicted molar refractivity (Wildman–Crippen MR) is 76.2 cm³/mol. The van der Waals surface area contributed by atoms with E-state index in [9.17, 15) is 0 Å². The number of benzene rings is 1. The fraction of sp³-hybridized carbons (Fsp3) is 0.600. The minimum absolute atomic E-state index is 0.0452. The number of hydrogen-bond acceptors (Lipinski definition) is 5. The Morgan fingerprint density at radius 1 is 1.25 bits per heavy atom. The predicted octanol–water partition coefficient (Wildman–Crippen LogP) is 1.73. The van der Waals surface area contributed by atoms with Crippen LogP contribution < -0.4 is 15.2 Å². The van der Waals surface area contributed by atoms with Gasteiger partial charge in [-0.05, 0) is 30.9 Å². The Balaban J connectivity index is 1.91. The third-order valence-electron chi connectivity index (χ3n) is 3.43. The van der Waals surface area contributed by atoms with Gasteiger partial charge in [-0.2, -0.15) is 0 Å². The fourth-order valence-electron chi connectivity index (χ4n) is 2.42. The molecular formula is C15H23NO4. The van der Waals surface area contributed by atoms with Gasteiger partial charge in [-0.15, -0.1) is 0 Å². The van der Waals surface area contributed by atoms with Crippen LogP contribution in [0.5, 0.6) is 11.5 Å². The van der Waals surface area contributed by atoms with Crippen LogP contribution in [0, 0.1) is 0 Å². The van der Waals surface area contributed by atoms with Crippen molar-refractivity contribution in [3.8, 4) is 11.5 Å². The third-order valence-corrected chi connectivity index (χ3v) is 3.43. The van der Waals surface area contributed by atoms with E-state index in [-0.39, 0.29) is 12.3 Å². The molecule has 1 aliphatic rings. The second kappa shape index (κ2) is 7.47.